The lowest BCUT2D eigenvalue weighted by Crippen LogP contribution is -2.06. The SMILES string of the molecule is COc1ccc(-c2cc(=Nc3ccc(Cl)cc3C)c3c(C)cc(C)cc3o2)cc1OC. The van der Waals surface area contributed by atoms with Crippen LogP contribution in [0.4, 0.5) is 5.69 Å². The lowest BCUT2D eigenvalue weighted by Gasteiger charge is -2.11. The monoisotopic (exact) mass is 433 g/mol. The topological polar surface area (TPSA) is 44.0 Å². The predicted molar refractivity (Wildman–Crippen MR) is 126 cm³/mol. The van der Waals surface area contributed by atoms with E-state index < -0.39 is 0 Å². The maximum absolute atomic E-state index is 6.33. The Morgan fingerprint density at radius 3 is 2.29 bits per heavy atom. The zero-order valence-corrected chi connectivity index (χ0v) is 19.0. The van der Waals surface area contributed by atoms with Crippen LogP contribution in [-0.2, 0) is 0 Å². The number of aryl methyl sites for hydroxylation is 3. The summed E-state index contributed by atoms with van der Waals surface area (Å²) in [4.78, 5) is 4.99. The number of nitrogens with zero attached hydrogens (tertiary/aromatic N) is 1. The minimum absolute atomic E-state index is 0.641. The van der Waals surface area contributed by atoms with E-state index in [0.717, 1.165) is 44.3 Å². The summed E-state index contributed by atoms with van der Waals surface area (Å²) >= 11 is 6.14. The highest BCUT2D eigenvalue weighted by atomic mass is 35.5. The van der Waals surface area contributed by atoms with Gasteiger partial charge in [-0.3, -0.25) is 0 Å². The van der Waals surface area contributed by atoms with E-state index in [-0.39, 0.29) is 0 Å². The summed E-state index contributed by atoms with van der Waals surface area (Å²) in [7, 11) is 3.24. The van der Waals surface area contributed by atoms with Crippen molar-refractivity contribution in [1.82, 2.24) is 0 Å². The quantitative estimate of drug-likeness (QED) is 0.350. The molecule has 0 saturated heterocycles. The van der Waals surface area contributed by atoms with Crippen LogP contribution in [-0.4, -0.2) is 14.2 Å². The maximum atomic E-state index is 6.33. The van der Waals surface area contributed by atoms with Gasteiger partial charge in [-0.2, -0.15) is 0 Å². The van der Waals surface area contributed by atoms with Gasteiger partial charge in [-0.05, 0) is 79.9 Å². The Morgan fingerprint density at radius 2 is 1.58 bits per heavy atom. The third kappa shape index (κ3) is 4.17. The van der Waals surface area contributed by atoms with Crippen molar-refractivity contribution in [3.05, 3.63) is 81.7 Å². The molecule has 0 aliphatic carbocycles. The van der Waals surface area contributed by atoms with Crippen molar-refractivity contribution in [1.29, 1.82) is 0 Å². The van der Waals surface area contributed by atoms with Crippen molar-refractivity contribution in [2.75, 3.05) is 14.2 Å². The summed E-state index contributed by atoms with van der Waals surface area (Å²) in [6.07, 6.45) is 0. The second-order valence-corrected chi connectivity index (χ2v) is 8.00. The van der Waals surface area contributed by atoms with Crippen molar-refractivity contribution in [3.63, 3.8) is 0 Å². The number of ether oxygens (including phenoxy) is 2. The van der Waals surface area contributed by atoms with E-state index in [1.54, 1.807) is 14.2 Å². The third-order valence-corrected chi connectivity index (χ3v) is 5.49. The first-order valence-electron chi connectivity index (χ1n) is 9.98. The van der Waals surface area contributed by atoms with Gasteiger partial charge < -0.3 is 13.9 Å². The van der Waals surface area contributed by atoms with E-state index >= 15 is 0 Å². The van der Waals surface area contributed by atoms with Crippen LogP contribution < -0.4 is 14.8 Å². The first-order valence-corrected chi connectivity index (χ1v) is 10.4. The molecule has 4 rings (SSSR count). The number of halogens is 1. The fourth-order valence-corrected chi connectivity index (χ4v) is 4.00. The van der Waals surface area contributed by atoms with Crippen molar-refractivity contribution in [2.24, 2.45) is 4.99 Å². The van der Waals surface area contributed by atoms with E-state index in [1.807, 2.05) is 55.5 Å². The van der Waals surface area contributed by atoms with Crippen LogP contribution in [0.15, 0.2) is 64.0 Å². The zero-order chi connectivity index (χ0) is 22.1. The Bertz CT molecular complexity index is 1360. The van der Waals surface area contributed by atoms with Gasteiger partial charge in [0.1, 0.15) is 11.3 Å². The highest BCUT2D eigenvalue weighted by molar-refractivity contribution is 6.30. The van der Waals surface area contributed by atoms with Crippen LogP contribution in [0.1, 0.15) is 16.7 Å². The summed E-state index contributed by atoms with van der Waals surface area (Å²) in [5, 5.41) is 2.53. The normalized spacial score (nSPS) is 11.7. The maximum Gasteiger partial charge on any atom is 0.161 e. The number of hydrogen-bond donors (Lipinski definition) is 0. The second-order valence-electron chi connectivity index (χ2n) is 7.56. The van der Waals surface area contributed by atoms with E-state index in [1.165, 1.54) is 0 Å². The van der Waals surface area contributed by atoms with Crippen LogP contribution >= 0.6 is 11.6 Å². The molecule has 1 aromatic heterocycles. The molecule has 0 aliphatic rings. The highest BCUT2D eigenvalue weighted by Gasteiger charge is 2.12. The van der Waals surface area contributed by atoms with Crippen molar-refractivity contribution in [3.8, 4) is 22.8 Å². The number of fused-ring (bicyclic) bond motifs is 1. The summed E-state index contributed by atoms with van der Waals surface area (Å²) in [6.45, 7) is 6.15. The Morgan fingerprint density at radius 1 is 0.806 bits per heavy atom. The van der Waals surface area contributed by atoms with Gasteiger partial charge in [0.2, 0.25) is 0 Å². The smallest absolute Gasteiger partial charge is 0.161 e. The molecule has 0 unspecified atom stereocenters. The predicted octanol–water partition coefficient (Wildman–Crippen LogP) is 6.93. The van der Waals surface area contributed by atoms with Crippen LogP contribution in [0.3, 0.4) is 0 Å². The van der Waals surface area contributed by atoms with Crippen molar-refractivity contribution >= 4 is 28.3 Å². The Kier molecular flexibility index (Phi) is 5.75. The molecule has 3 aromatic carbocycles. The van der Waals surface area contributed by atoms with Gasteiger partial charge in [0.15, 0.2) is 11.5 Å². The number of hydrogen-bond acceptors (Lipinski definition) is 4. The fraction of sp³-hybridized carbons (Fsp3) is 0.192. The molecule has 1 heterocycles. The number of benzene rings is 3. The molecule has 0 bridgehead atoms. The third-order valence-electron chi connectivity index (χ3n) is 5.26. The van der Waals surface area contributed by atoms with E-state index in [4.69, 9.17) is 30.5 Å². The summed E-state index contributed by atoms with van der Waals surface area (Å²) in [5.74, 6) is 2.01. The molecule has 31 heavy (non-hydrogen) atoms. The minimum Gasteiger partial charge on any atom is -0.493 e. The molecule has 4 aromatic rings. The second kappa shape index (κ2) is 8.48. The number of methoxy groups -OCH3 is 2. The molecule has 5 heteroatoms. The Balaban J connectivity index is 2.02. The van der Waals surface area contributed by atoms with E-state index in [2.05, 4.69) is 19.9 Å². The van der Waals surface area contributed by atoms with Crippen LogP contribution in [0.5, 0.6) is 11.5 Å². The van der Waals surface area contributed by atoms with Gasteiger partial charge in [0.05, 0.1) is 25.3 Å². The van der Waals surface area contributed by atoms with Gasteiger partial charge in [-0.15, -0.1) is 0 Å². The molecule has 0 saturated carbocycles. The van der Waals surface area contributed by atoms with Crippen molar-refractivity contribution < 1.29 is 13.9 Å². The van der Waals surface area contributed by atoms with Gasteiger partial charge in [-0.1, -0.05) is 17.7 Å². The standard InChI is InChI=1S/C26H24ClNO3/c1-15-10-17(3)26-21(28-20-8-7-19(27)12-16(20)2)14-23(31-25(26)11-15)18-6-9-22(29-4)24(13-18)30-5/h6-14H,1-5H3. The molecule has 0 fully saturated rings. The van der Waals surface area contributed by atoms with E-state index in [9.17, 15) is 0 Å². The lowest BCUT2D eigenvalue weighted by atomic mass is 10.0. The molecule has 0 aliphatic heterocycles. The Hall–Kier alpha value is -3.24. The highest BCUT2D eigenvalue weighted by Crippen LogP contribution is 2.33. The number of rotatable bonds is 4. The molecule has 4 nitrogen and oxygen atoms in total. The van der Waals surface area contributed by atoms with E-state index in [0.29, 0.717) is 22.3 Å². The molecular formula is C26H24ClNO3. The summed E-state index contributed by atoms with van der Waals surface area (Å²) in [6, 6.07) is 17.6. The molecule has 0 N–H and O–H groups in total. The first kappa shape index (κ1) is 21.0. The molecular weight excluding hydrogens is 410 g/mol. The van der Waals surface area contributed by atoms with Crippen LogP contribution in [0.2, 0.25) is 5.02 Å². The Labute approximate surface area is 186 Å². The lowest BCUT2D eigenvalue weighted by molar-refractivity contribution is 0.355. The van der Waals surface area contributed by atoms with Crippen LogP contribution in [0.25, 0.3) is 22.3 Å². The average molecular weight is 434 g/mol. The molecule has 158 valence electrons. The zero-order valence-electron chi connectivity index (χ0n) is 18.2. The van der Waals surface area contributed by atoms with Gasteiger partial charge >= 0.3 is 0 Å². The largest absolute Gasteiger partial charge is 0.493 e. The minimum atomic E-state index is 0.641. The summed E-state index contributed by atoms with van der Waals surface area (Å²) in [5.41, 5.74) is 5.79. The van der Waals surface area contributed by atoms with Crippen molar-refractivity contribution in [2.45, 2.75) is 20.8 Å². The fourth-order valence-electron chi connectivity index (χ4n) is 3.78. The molecule has 0 amide bonds. The van der Waals surface area contributed by atoms with Crippen LogP contribution in [0, 0.1) is 20.8 Å². The molecule has 0 spiro atoms. The average Bonchev–Trinajstić information content (AvgIpc) is 2.74. The summed E-state index contributed by atoms with van der Waals surface area (Å²) < 4.78 is 17.2. The molecule has 0 atom stereocenters. The first-order chi connectivity index (χ1) is 14.9. The van der Waals surface area contributed by atoms with Gasteiger partial charge in [-0.25, -0.2) is 4.99 Å². The van der Waals surface area contributed by atoms with Gasteiger partial charge in [0, 0.05) is 22.0 Å². The molecule has 0 radical (unpaired) electrons. The van der Waals surface area contributed by atoms with Gasteiger partial charge in [0.25, 0.3) is 0 Å².